The molecule has 1 aliphatic rings. The highest BCUT2D eigenvalue weighted by molar-refractivity contribution is 8.18. The van der Waals surface area contributed by atoms with E-state index in [1.807, 2.05) is 6.92 Å². The van der Waals surface area contributed by atoms with Gasteiger partial charge in [-0.2, -0.15) is 0 Å². The minimum absolute atomic E-state index is 0.0950. The van der Waals surface area contributed by atoms with Crippen molar-refractivity contribution in [3.63, 3.8) is 0 Å². The summed E-state index contributed by atoms with van der Waals surface area (Å²) >= 11 is 0.856. The van der Waals surface area contributed by atoms with Crippen molar-refractivity contribution in [1.82, 2.24) is 10.2 Å². The summed E-state index contributed by atoms with van der Waals surface area (Å²) in [6.07, 6.45) is 2.76. The number of nitrogens with one attached hydrogen (secondary N) is 1. The highest BCUT2D eigenvalue weighted by Crippen LogP contribution is 2.40. The summed E-state index contributed by atoms with van der Waals surface area (Å²) in [4.78, 5) is 37.7. The monoisotopic (exact) mass is 408 g/mol. The molecule has 0 aromatic heterocycles. The molecule has 0 unspecified atom stereocenters. The SMILES string of the molecule is CCCC(=O)NCCN1C(=O)S/C(=C\c2cc(OC)c(OC)c(OC)c2)C1=O. The van der Waals surface area contributed by atoms with Crippen LogP contribution in [0.5, 0.6) is 17.2 Å². The van der Waals surface area contributed by atoms with E-state index >= 15 is 0 Å². The molecule has 0 saturated carbocycles. The summed E-state index contributed by atoms with van der Waals surface area (Å²) in [6.45, 7) is 2.27. The second-order valence-corrected chi connectivity index (χ2v) is 6.89. The fourth-order valence-electron chi connectivity index (χ4n) is 2.65. The van der Waals surface area contributed by atoms with Crippen molar-refractivity contribution >= 4 is 34.9 Å². The molecule has 0 spiro atoms. The number of thioether (sulfide) groups is 1. The molecule has 9 heteroatoms. The van der Waals surface area contributed by atoms with Crippen LogP contribution in [0.3, 0.4) is 0 Å². The molecule has 1 heterocycles. The molecule has 1 aromatic carbocycles. The first-order valence-electron chi connectivity index (χ1n) is 8.77. The Morgan fingerprint density at radius 1 is 1.14 bits per heavy atom. The molecular formula is C19H24N2O6S. The Bertz CT molecular complexity index is 768. The van der Waals surface area contributed by atoms with Crippen LogP contribution < -0.4 is 19.5 Å². The molecule has 152 valence electrons. The number of rotatable bonds is 9. The number of carbonyl (C=O) groups excluding carboxylic acids is 3. The van der Waals surface area contributed by atoms with Gasteiger partial charge in [0.05, 0.1) is 26.2 Å². The Morgan fingerprint density at radius 2 is 1.79 bits per heavy atom. The van der Waals surface area contributed by atoms with Crippen LogP contribution in [0, 0.1) is 0 Å². The maximum Gasteiger partial charge on any atom is 0.293 e. The molecule has 1 aliphatic heterocycles. The van der Waals surface area contributed by atoms with Gasteiger partial charge in [0.2, 0.25) is 11.7 Å². The lowest BCUT2D eigenvalue weighted by Gasteiger charge is -2.13. The lowest BCUT2D eigenvalue weighted by atomic mass is 10.1. The number of methoxy groups -OCH3 is 3. The maximum absolute atomic E-state index is 12.6. The molecule has 1 aromatic rings. The third kappa shape index (κ3) is 4.98. The zero-order valence-electron chi connectivity index (χ0n) is 16.4. The van der Waals surface area contributed by atoms with E-state index in [4.69, 9.17) is 14.2 Å². The van der Waals surface area contributed by atoms with Crippen molar-refractivity contribution in [3.05, 3.63) is 22.6 Å². The lowest BCUT2D eigenvalue weighted by molar-refractivity contribution is -0.124. The molecule has 1 saturated heterocycles. The standard InChI is InChI=1S/C19H24N2O6S/c1-5-6-16(22)20-7-8-21-18(23)15(28-19(21)24)11-12-9-13(25-2)17(27-4)14(10-12)26-3/h9-11H,5-8H2,1-4H3,(H,20,22)/b15-11-. The Morgan fingerprint density at radius 3 is 2.32 bits per heavy atom. The largest absolute Gasteiger partial charge is 0.493 e. The third-order valence-electron chi connectivity index (χ3n) is 3.99. The van der Waals surface area contributed by atoms with E-state index in [-0.39, 0.29) is 24.2 Å². The van der Waals surface area contributed by atoms with Crippen molar-refractivity contribution in [2.24, 2.45) is 0 Å². The zero-order valence-corrected chi connectivity index (χ0v) is 17.2. The second-order valence-electron chi connectivity index (χ2n) is 5.89. The first kappa shape index (κ1) is 21.6. The lowest BCUT2D eigenvalue weighted by Crippen LogP contribution is -2.37. The quantitative estimate of drug-likeness (QED) is 0.628. The van der Waals surface area contributed by atoms with E-state index in [1.54, 1.807) is 18.2 Å². The van der Waals surface area contributed by atoms with Crippen LogP contribution in [-0.4, -0.2) is 56.4 Å². The Balaban J connectivity index is 2.16. The van der Waals surface area contributed by atoms with Crippen LogP contribution >= 0.6 is 11.8 Å². The molecule has 8 nitrogen and oxygen atoms in total. The van der Waals surface area contributed by atoms with Gasteiger partial charge < -0.3 is 19.5 Å². The number of hydrogen-bond acceptors (Lipinski definition) is 7. The average Bonchev–Trinajstić information content (AvgIpc) is 2.94. The van der Waals surface area contributed by atoms with Gasteiger partial charge in [0, 0.05) is 19.5 Å². The van der Waals surface area contributed by atoms with Crippen molar-refractivity contribution in [2.45, 2.75) is 19.8 Å². The highest BCUT2D eigenvalue weighted by atomic mass is 32.2. The first-order valence-corrected chi connectivity index (χ1v) is 9.58. The molecule has 0 atom stereocenters. The molecule has 2 rings (SSSR count). The number of amides is 3. The number of ether oxygens (including phenoxy) is 3. The van der Waals surface area contributed by atoms with E-state index in [9.17, 15) is 14.4 Å². The van der Waals surface area contributed by atoms with Crippen LogP contribution in [0.4, 0.5) is 4.79 Å². The van der Waals surface area contributed by atoms with Crippen molar-refractivity contribution in [1.29, 1.82) is 0 Å². The minimum Gasteiger partial charge on any atom is -0.493 e. The molecule has 1 fully saturated rings. The van der Waals surface area contributed by atoms with Gasteiger partial charge >= 0.3 is 0 Å². The smallest absolute Gasteiger partial charge is 0.293 e. The Hall–Kier alpha value is -2.68. The number of nitrogens with zero attached hydrogens (tertiary/aromatic N) is 1. The van der Waals surface area contributed by atoms with Gasteiger partial charge in [-0.3, -0.25) is 19.3 Å². The fraction of sp³-hybridized carbons (Fsp3) is 0.421. The summed E-state index contributed by atoms with van der Waals surface area (Å²) in [5.74, 6) is 0.853. The van der Waals surface area contributed by atoms with E-state index in [0.29, 0.717) is 34.1 Å². The van der Waals surface area contributed by atoms with Crippen LogP contribution in [0.15, 0.2) is 17.0 Å². The van der Waals surface area contributed by atoms with Crippen LogP contribution in [0.1, 0.15) is 25.3 Å². The fourth-order valence-corrected chi connectivity index (χ4v) is 3.52. The van der Waals surface area contributed by atoms with E-state index in [1.165, 1.54) is 21.3 Å². The highest BCUT2D eigenvalue weighted by Gasteiger charge is 2.34. The van der Waals surface area contributed by atoms with E-state index in [2.05, 4.69) is 5.32 Å². The van der Waals surface area contributed by atoms with E-state index in [0.717, 1.165) is 23.1 Å². The molecular weight excluding hydrogens is 384 g/mol. The number of hydrogen-bond donors (Lipinski definition) is 1. The molecule has 28 heavy (non-hydrogen) atoms. The minimum atomic E-state index is -0.395. The van der Waals surface area contributed by atoms with Gasteiger partial charge in [0.25, 0.3) is 11.1 Å². The third-order valence-corrected chi connectivity index (χ3v) is 4.90. The number of benzene rings is 1. The van der Waals surface area contributed by atoms with Gasteiger partial charge in [0.15, 0.2) is 11.5 Å². The van der Waals surface area contributed by atoms with Gasteiger partial charge in [-0.25, -0.2) is 0 Å². The normalized spacial score (nSPS) is 15.1. The molecule has 0 bridgehead atoms. The summed E-state index contributed by atoms with van der Waals surface area (Å²) < 4.78 is 15.9. The maximum atomic E-state index is 12.6. The average molecular weight is 408 g/mol. The van der Waals surface area contributed by atoms with Gasteiger partial charge in [-0.15, -0.1) is 0 Å². The van der Waals surface area contributed by atoms with Crippen molar-refractivity contribution < 1.29 is 28.6 Å². The van der Waals surface area contributed by atoms with Gasteiger partial charge in [-0.1, -0.05) is 6.92 Å². The summed E-state index contributed by atoms with van der Waals surface area (Å²) in [5, 5.41) is 2.33. The topological polar surface area (TPSA) is 94.2 Å². The van der Waals surface area contributed by atoms with Crippen LogP contribution in [-0.2, 0) is 9.59 Å². The van der Waals surface area contributed by atoms with E-state index < -0.39 is 5.91 Å². The van der Waals surface area contributed by atoms with Crippen molar-refractivity contribution in [3.8, 4) is 17.2 Å². The molecule has 1 N–H and O–H groups in total. The Kier molecular flexibility index (Phi) is 7.74. The van der Waals surface area contributed by atoms with Gasteiger partial charge in [-0.05, 0) is 42.0 Å². The number of imide groups is 1. The molecule has 3 amide bonds. The molecule has 0 radical (unpaired) electrons. The predicted molar refractivity (Wildman–Crippen MR) is 107 cm³/mol. The van der Waals surface area contributed by atoms with Crippen LogP contribution in [0.2, 0.25) is 0 Å². The summed E-state index contributed by atoms with van der Waals surface area (Å²) in [5.41, 5.74) is 0.635. The zero-order chi connectivity index (χ0) is 20.7. The summed E-state index contributed by atoms with van der Waals surface area (Å²) in [6, 6.07) is 3.39. The molecule has 0 aliphatic carbocycles. The Labute approximate surface area is 168 Å². The van der Waals surface area contributed by atoms with Crippen LogP contribution in [0.25, 0.3) is 6.08 Å². The number of carbonyl (C=O) groups is 3. The first-order chi connectivity index (χ1) is 13.4. The summed E-state index contributed by atoms with van der Waals surface area (Å²) in [7, 11) is 4.51. The van der Waals surface area contributed by atoms with Gasteiger partial charge in [0.1, 0.15) is 0 Å². The predicted octanol–water partition coefficient (Wildman–Crippen LogP) is 2.67. The van der Waals surface area contributed by atoms with Crippen molar-refractivity contribution in [2.75, 3.05) is 34.4 Å². The second kappa shape index (κ2) is 10.0.